The molecule has 7 heteroatoms. The average molecular weight is 370 g/mol. The Hall–Kier alpha value is -3.19. The number of aliphatic carboxylic acids is 2. The predicted octanol–water partition coefficient (Wildman–Crippen LogP) is 2.93. The van der Waals surface area contributed by atoms with Gasteiger partial charge < -0.3 is 15.3 Å². The maximum Gasteiger partial charge on any atom is 0.328 e. The standard InChI is InChI=1S/C16H18N2O.C4H4O4/c1-18-8-2-3-16(18)14-9-13(10-17-11-14)12-4-6-15(19)7-5-12;5-3(6)1-2-4(7)8/h4-7,9-11,16,19H,2-3,8H2,1H3;1-2H,(H,5,6)(H,7,8)/b;2-1+. The first kappa shape index (κ1) is 20.1. The summed E-state index contributed by atoms with van der Waals surface area (Å²) in [6.07, 6.45) is 7.42. The largest absolute Gasteiger partial charge is 0.508 e. The van der Waals surface area contributed by atoms with Crippen LogP contribution in [-0.4, -0.2) is 50.7 Å². The smallest absolute Gasteiger partial charge is 0.328 e. The van der Waals surface area contributed by atoms with Crippen molar-refractivity contribution in [2.75, 3.05) is 13.6 Å². The molecule has 1 aliphatic heterocycles. The predicted molar refractivity (Wildman–Crippen MR) is 100 cm³/mol. The quantitative estimate of drug-likeness (QED) is 0.710. The molecule has 1 fully saturated rings. The number of aromatic nitrogens is 1. The van der Waals surface area contributed by atoms with E-state index in [4.69, 9.17) is 10.2 Å². The van der Waals surface area contributed by atoms with Gasteiger partial charge in [-0.2, -0.15) is 0 Å². The zero-order valence-corrected chi connectivity index (χ0v) is 14.9. The molecule has 0 spiro atoms. The number of phenolic OH excluding ortho intramolecular Hbond substituents is 1. The minimum absolute atomic E-state index is 0.295. The average Bonchev–Trinajstić information content (AvgIpc) is 3.07. The molecule has 0 radical (unpaired) electrons. The van der Waals surface area contributed by atoms with E-state index in [0.29, 0.717) is 23.9 Å². The van der Waals surface area contributed by atoms with Gasteiger partial charge >= 0.3 is 11.9 Å². The zero-order chi connectivity index (χ0) is 19.8. The number of nitrogens with zero attached hydrogens (tertiary/aromatic N) is 2. The van der Waals surface area contributed by atoms with E-state index in [1.165, 1.54) is 18.4 Å². The SMILES string of the molecule is CN1CCCC1c1cncc(-c2ccc(O)cc2)c1.O=C(O)/C=C/C(=O)O. The van der Waals surface area contributed by atoms with E-state index in [-0.39, 0.29) is 0 Å². The molecule has 0 bridgehead atoms. The Morgan fingerprint density at radius 3 is 2.22 bits per heavy atom. The number of carboxylic acid groups (broad SMARTS) is 2. The fourth-order valence-electron chi connectivity index (χ4n) is 2.93. The fourth-order valence-corrected chi connectivity index (χ4v) is 2.93. The van der Waals surface area contributed by atoms with Crippen molar-refractivity contribution in [3.05, 3.63) is 60.4 Å². The molecule has 1 aromatic carbocycles. The van der Waals surface area contributed by atoms with Crippen molar-refractivity contribution >= 4 is 11.9 Å². The third kappa shape index (κ3) is 6.23. The number of hydrogen-bond donors (Lipinski definition) is 3. The van der Waals surface area contributed by atoms with E-state index in [1.54, 1.807) is 12.1 Å². The van der Waals surface area contributed by atoms with E-state index in [1.807, 2.05) is 24.5 Å². The second-order valence-corrected chi connectivity index (χ2v) is 6.20. The number of carboxylic acids is 2. The summed E-state index contributed by atoms with van der Waals surface area (Å²) in [4.78, 5) is 25.9. The first-order chi connectivity index (χ1) is 12.9. The normalized spacial score (nSPS) is 16.7. The minimum Gasteiger partial charge on any atom is -0.508 e. The third-order valence-electron chi connectivity index (χ3n) is 4.23. The molecule has 1 aliphatic rings. The molecule has 142 valence electrons. The van der Waals surface area contributed by atoms with Crippen molar-refractivity contribution in [3.63, 3.8) is 0 Å². The summed E-state index contributed by atoms with van der Waals surface area (Å²) in [6.45, 7) is 1.16. The monoisotopic (exact) mass is 370 g/mol. The van der Waals surface area contributed by atoms with E-state index < -0.39 is 11.9 Å². The summed E-state index contributed by atoms with van der Waals surface area (Å²) in [5.41, 5.74) is 3.48. The molecule has 0 saturated carbocycles. The van der Waals surface area contributed by atoms with Crippen LogP contribution < -0.4 is 0 Å². The molecule has 3 N–H and O–H groups in total. The second kappa shape index (κ2) is 9.49. The lowest BCUT2D eigenvalue weighted by atomic mass is 10.0. The van der Waals surface area contributed by atoms with Crippen LogP contribution in [-0.2, 0) is 9.59 Å². The van der Waals surface area contributed by atoms with Crippen molar-refractivity contribution in [1.29, 1.82) is 0 Å². The van der Waals surface area contributed by atoms with Gasteiger partial charge in [0.15, 0.2) is 0 Å². The highest BCUT2D eigenvalue weighted by atomic mass is 16.4. The van der Waals surface area contributed by atoms with Crippen LogP contribution in [0.4, 0.5) is 0 Å². The number of aromatic hydroxyl groups is 1. The second-order valence-electron chi connectivity index (χ2n) is 6.20. The van der Waals surface area contributed by atoms with Crippen molar-refractivity contribution in [2.24, 2.45) is 0 Å². The van der Waals surface area contributed by atoms with Crippen molar-refractivity contribution < 1.29 is 24.9 Å². The maximum atomic E-state index is 9.55. The molecular weight excluding hydrogens is 348 g/mol. The van der Waals surface area contributed by atoms with E-state index >= 15 is 0 Å². The molecule has 2 aromatic rings. The van der Waals surface area contributed by atoms with Crippen LogP contribution in [0.1, 0.15) is 24.4 Å². The summed E-state index contributed by atoms with van der Waals surface area (Å²) in [7, 11) is 2.17. The van der Waals surface area contributed by atoms with Gasteiger partial charge in [-0.3, -0.25) is 9.88 Å². The van der Waals surface area contributed by atoms with Gasteiger partial charge in [-0.1, -0.05) is 12.1 Å². The van der Waals surface area contributed by atoms with Crippen molar-refractivity contribution in [2.45, 2.75) is 18.9 Å². The Kier molecular flexibility index (Phi) is 7.08. The molecule has 1 atom stereocenters. The van der Waals surface area contributed by atoms with Crippen LogP contribution in [0.2, 0.25) is 0 Å². The van der Waals surface area contributed by atoms with Gasteiger partial charge in [0.1, 0.15) is 5.75 Å². The van der Waals surface area contributed by atoms with Crippen LogP contribution in [0.5, 0.6) is 5.75 Å². The topological polar surface area (TPSA) is 111 Å². The number of likely N-dealkylation sites (tertiary alicyclic amines) is 1. The molecule has 1 aromatic heterocycles. The van der Waals surface area contributed by atoms with Crippen molar-refractivity contribution in [3.8, 4) is 16.9 Å². The molecule has 0 aliphatic carbocycles. The summed E-state index contributed by atoms with van der Waals surface area (Å²) < 4.78 is 0. The highest BCUT2D eigenvalue weighted by Gasteiger charge is 2.22. The van der Waals surface area contributed by atoms with Gasteiger partial charge in [0.05, 0.1) is 0 Å². The van der Waals surface area contributed by atoms with Crippen LogP contribution in [0.15, 0.2) is 54.9 Å². The van der Waals surface area contributed by atoms with E-state index in [9.17, 15) is 14.7 Å². The Labute approximate surface area is 157 Å². The summed E-state index contributed by atoms with van der Waals surface area (Å²) in [5.74, 6) is -2.22. The number of hydrogen-bond acceptors (Lipinski definition) is 5. The van der Waals surface area contributed by atoms with Gasteiger partial charge in [0, 0.05) is 36.2 Å². The van der Waals surface area contributed by atoms with Crippen molar-refractivity contribution in [1.82, 2.24) is 9.88 Å². The van der Waals surface area contributed by atoms with Gasteiger partial charge in [-0.25, -0.2) is 9.59 Å². The maximum absolute atomic E-state index is 9.55. The zero-order valence-electron chi connectivity index (χ0n) is 14.9. The molecular formula is C20H22N2O5. The van der Waals surface area contributed by atoms with Crippen LogP contribution in [0.3, 0.4) is 0 Å². The van der Waals surface area contributed by atoms with Crippen LogP contribution >= 0.6 is 0 Å². The minimum atomic E-state index is -1.26. The first-order valence-electron chi connectivity index (χ1n) is 8.45. The Morgan fingerprint density at radius 2 is 1.70 bits per heavy atom. The molecule has 1 unspecified atom stereocenters. The van der Waals surface area contributed by atoms with Crippen LogP contribution in [0.25, 0.3) is 11.1 Å². The summed E-state index contributed by atoms with van der Waals surface area (Å²) in [5, 5.41) is 25.0. The number of phenols is 1. The summed E-state index contributed by atoms with van der Waals surface area (Å²) in [6, 6.07) is 9.98. The highest BCUT2D eigenvalue weighted by Crippen LogP contribution is 2.32. The molecule has 2 heterocycles. The number of carbonyl (C=O) groups is 2. The third-order valence-corrected chi connectivity index (χ3v) is 4.23. The fraction of sp³-hybridized carbons (Fsp3) is 0.250. The molecule has 1 saturated heterocycles. The Bertz CT molecular complexity index is 801. The molecule has 7 nitrogen and oxygen atoms in total. The highest BCUT2D eigenvalue weighted by molar-refractivity contribution is 5.89. The number of pyridine rings is 1. The molecule has 27 heavy (non-hydrogen) atoms. The Morgan fingerprint density at radius 1 is 1.07 bits per heavy atom. The molecule has 0 amide bonds. The number of rotatable bonds is 4. The molecule has 3 rings (SSSR count). The van der Waals surface area contributed by atoms with E-state index in [0.717, 1.165) is 17.7 Å². The van der Waals surface area contributed by atoms with Gasteiger partial charge in [-0.05, 0) is 55.8 Å². The lowest BCUT2D eigenvalue weighted by molar-refractivity contribution is -0.134. The lowest BCUT2D eigenvalue weighted by Crippen LogP contribution is -2.17. The van der Waals surface area contributed by atoms with Gasteiger partial charge in [0.2, 0.25) is 0 Å². The van der Waals surface area contributed by atoms with Gasteiger partial charge in [0.25, 0.3) is 0 Å². The number of benzene rings is 1. The lowest BCUT2D eigenvalue weighted by Gasteiger charge is -2.19. The van der Waals surface area contributed by atoms with Gasteiger partial charge in [-0.15, -0.1) is 0 Å². The first-order valence-corrected chi connectivity index (χ1v) is 8.45. The van der Waals surface area contributed by atoms with E-state index in [2.05, 4.69) is 23.0 Å². The summed E-state index contributed by atoms with van der Waals surface area (Å²) >= 11 is 0. The Balaban J connectivity index is 0.000000279. The van der Waals surface area contributed by atoms with Crippen LogP contribution in [0, 0.1) is 0 Å².